The first-order valence-electron chi connectivity index (χ1n) is 15.8. The van der Waals surface area contributed by atoms with Gasteiger partial charge in [0.25, 0.3) is 0 Å². The van der Waals surface area contributed by atoms with Crippen LogP contribution >= 0.6 is 11.6 Å². The highest BCUT2D eigenvalue weighted by molar-refractivity contribution is 6.31. The third-order valence-electron chi connectivity index (χ3n) is 8.92. The predicted octanol–water partition coefficient (Wildman–Crippen LogP) is 11.9. The van der Waals surface area contributed by atoms with Crippen molar-refractivity contribution in [3.63, 3.8) is 0 Å². The molecule has 3 N–H and O–H groups in total. The minimum Gasteiger partial charge on any atom is -0.493 e. The quantitative estimate of drug-likeness (QED) is 0.121. The molecule has 0 amide bonds. The molecule has 0 aromatic heterocycles. The molecule has 260 valence electrons. The molecule has 0 bridgehead atoms. The van der Waals surface area contributed by atoms with Crippen LogP contribution in [0.15, 0.2) is 54.6 Å². The van der Waals surface area contributed by atoms with Gasteiger partial charge in [0, 0.05) is 29.3 Å². The summed E-state index contributed by atoms with van der Waals surface area (Å²) in [5, 5.41) is 4.11. The smallest absolute Gasteiger partial charge is 0.418 e. The van der Waals surface area contributed by atoms with Crippen molar-refractivity contribution < 1.29 is 35.5 Å². The Labute approximate surface area is 281 Å². The average molecular weight is 697 g/mol. The van der Waals surface area contributed by atoms with Crippen molar-refractivity contribution in [2.24, 2.45) is 0 Å². The largest absolute Gasteiger partial charge is 0.493 e. The Hall–Kier alpha value is -3.66. The summed E-state index contributed by atoms with van der Waals surface area (Å²) in [4.78, 5) is 0. The van der Waals surface area contributed by atoms with Crippen LogP contribution in [0.1, 0.15) is 93.2 Å². The predicted molar refractivity (Wildman–Crippen MR) is 180 cm³/mol. The Balaban J connectivity index is 1.64. The van der Waals surface area contributed by atoms with Crippen LogP contribution in [0.3, 0.4) is 0 Å². The summed E-state index contributed by atoms with van der Waals surface area (Å²) in [6, 6.07) is 12.5. The monoisotopic (exact) mass is 696 g/mol. The number of hydrogen-bond acceptors (Lipinski definition) is 3. The Morgan fingerprint density at radius 1 is 0.833 bits per heavy atom. The van der Waals surface area contributed by atoms with E-state index in [-0.39, 0.29) is 41.7 Å². The molecule has 3 nitrogen and oxygen atoms in total. The fraction of sp³-hybridized carbons (Fsp3) is 0.405. The lowest BCUT2D eigenvalue weighted by molar-refractivity contribution is -0.139. The zero-order chi connectivity index (χ0) is 35.8. The summed E-state index contributed by atoms with van der Waals surface area (Å²) in [7, 11) is 0. The van der Waals surface area contributed by atoms with Gasteiger partial charge in [-0.1, -0.05) is 59.2 Å². The molecule has 0 saturated heterocycles. The number of aryl methyl sites for hydroxylation is 1. The maximum Gasteiger partial charge on any atom is 0.418 e. The van der Waals surface area contributed by atoms with Crippen LogP contribution in [-0.4, -0.2) is 13.2 Å². The van der Waals surface area contributed by atoms with Gasteiger partial charge in [0.15, 0.2) is 0 Å². The van der Waals surface area contributed by atoms with Gasteiger partial charge in [0.2, 0.25) is 0 Å². The lowest BCUT2D eigenvalue weighted by atomic mass is 9.81. The van der Waals surface area contributed by atoms with Gasteiger partial charge < -0.3 is 15.8 Å². The van der Waals surface area contributed by atoms with Crippen LogP contribution in [0, 0.1) is 5.82 Å². The van der Waals surface area contributed by atoms with Gasteiger partial charge in [-0.2, -0.15) is 26.3 Å². The Morgan fingerprint density at radius 3 is 2.12 bits per heavy atom. The first kappa shape index (κ1) is 37.2. The van der Waals surface area contributed by atoms with Gasteiger partial charge in [-0.15, -0.1) is 0 Å². The molecule has 0 saturated carbocycles. The number of ether oxygens (including phenoxy) is 1. The maximum atomic E-state index is 14.7. The van der Waals surface area contributed by atoms with E-state index in [0.717, 1.165) is 34.9 Å². The van der Waals surface area contributed by atoms with Crippen LogP contribution in [0.25, 0.3) is 10.8 Å². The number of halogens is 8. The van der Waals surface area contributed by atoms with Crippen LogP contribution in [0.5, 0.6) is 5.75 Å². The van der Waals surface area contributed by atoms with Crippen LogP contribution in [-0.2, 0) is 24.2 Å². The summed E-state index contributed by atoms with van der Waals surface area (Å²) in [5.41, 5.74) is 4.50. The number of fused-ring (bicyclic) bond motifs is 1. The van der Waals surface area contributed by atoms with Gasteiger partial charge in [0.1, 0.15) is 11.6 Å². The summed E-state index contributed by atoms with van der Waals surface area (Å²) in [6.45, 7) is 10.5. The molecule has 0 fully saturated rings. The Kier molecular flexibility index (Phi) is 10.9. The third kappa shape index (κ3) is 7.96. The number of nitrogens with one attached hydrogen (secondary N) is 1. The molecule has 0 spiro atoms. The molecule has 0 aliphatic rings. The number of nitrogen functional groups attached to an aromatic ring is 1. The van der Waals surface area contributed by atoms with E-state index in [1.54, 1.807) is 32.9 Å². The third-order valence-corrected chi connectivity index (χ3v) is 9.21. The van der Waals surface area contributed by atoms with Crippen LogP contribution in [0.2, 0.25) is 5.02 Å². The number of anilines is 2. The minimum absolute atomic E-state index is 0.0356. The van der Waals surface area contributed by atoms with Gasteiger partial charge in [-0.05, 0) is 100 Å². The molecule has 0 aliphatic heterocycles. The summed E-state index contributed by atoms with van der Waals surface area (Å²) in [6.07, 6.45) is -8.11. The number of benzene rings is 4. The second-order valence-electron chi connectivity index (χ2n) is 13.0. The molecule has 4 rings (SSSR count). The normalized spacial score (nSPS) is 13.9. The molecular formula is C37H40ClF7N2O. The molecule has 4 aromatic rings. The number of hydrogen-bond donors (Lipinski definition) is 2. The van der Waals surface area contributed by atoms with Crippen LogP contribution in [0.4, 0.5) is 42.1 Å². The second-order valence-corrected chi connectivity index (χ2v) is 13.4. The molecule has 0 aliphatic carbocycles. The van der Waals surface area contributed by atoms with E-state index in [0.29, 0.717) is 23.4 Å². The van der Waals surface area contributed by atoms with E-state index in [1.165, 1.54) is 24.3 Å². The van der Waals surface area contributed by atoms with Crippen molar-refractivity contribution in [2.75, 3.05) is 24.2 Å². The highest BCUT2D eigenvalue weighted by Gasteiger charge is 2.40. The topological polar surface area (TPSA) is 47.3 Å². The molecule has 48 heavy (non-hydrogen) atoms. The van der Waals surface area contributed by atoms with Crippen LogP contribution < -0.4 is 15.8 Å². The molecule has 0 radical (unpaired) electrons. The highest BCUT2D eigenvalue weighted by Crippen LogP contribution is 2.44. The van der Waals surface area contributed by atoms with Crippen molar-refractivity contribution in [1.29, 1.82) is 0 Å². The lowest BCUT2D eigenvalue weighted by Gasteiger charge is -2.30. The standard InChI is InChI=1S/C37H40ClF7N2O/c1-7-20(3)28-17-25(13-22-9-12-32(39)26(8-2)33(22)28)48-18-21(4)27-16-24(10-11-29(27)36(40,41)42)47-19-35(5,6)30-14-23(46)15-31(38)34(30)37(43,44)45/h9-17,20-21,47H,7-8,18-19,46H2,1-6H3. The van der Waals surface area contributed by atoms with Crippen molar-refractivity contribution >= 4 is 33.7 Å². The molecule has 2 unspecified atom stereocenters. The lowest BCUT2D eigenvalue weighted by Crippen LogP contribution is -2.31. The molecule has 0 heterocycles. The SMILES string of the molecule is CCc1c(F)ccc2cc(OCC(C)c3cc(NCC(C)(C)c4cc(N)cc(Cl)c4C(F)(F)F)ccc3C(F)(F)F)cc(C(C)CC)c12. The first-order valence-corrected chi connectivity index (χ1v) is 16.2. The summed E-state index contributed by atoms with van der Waals surface area (Å²) >= 11 is 5.96. The first-order chi connectivity index (χ1) is 22.3. The molecular weight excluding hydrogens is 657 g/mol. The van der Waals surface area contributed by atoms with Crippen molar-refractivity contribution in [2.45, 2.75) is 84.0 Å². The summed E-state index contributed by atoms with van der Waals surface area (Å²) in [5.74, 6) is -0.474. The maximum absolute atomic E-state index is 14.7. The average Bonchev–Trinajstić information content (AvgIpc) is 3.00. The van der Waals surface area contributed by atoms with Gasteiger partial charge >= 0.3 is 12.4 Å². The van der Waals surface area contributed by atoms with E-state index in [2.05, 4.69) is 5.32 Å². The van der Waals surface area contributed by atoms with Gasteiger partial charge in [0.05, 0.1) is 22.8 Å². The van der Waals surface area contributed by atoms with E-state index >= 15 is 0 Å². The molecule has 2 atom stereocenters. The highest BCUT2D eigenvalue weighted by atomic mass is 35.5. The fourth-order valence-electron chi connectivity index (χ4n) is 6.08. The minimum atomic E-state index is -4.75. The zero-order valence-electron chi connectivity index (χ0n) is 27.7. The van der Waals surface area contributed by atoms with Crippen molar-refractivity contribution in [3.05, 3.63) is 98.8 Å². The number of rotatable bonds is 11. The fourth-order valence-corrected chi connectivity index (χ4v) is 6.41. The van der Waals surface area contributed by atoms with Gasteiger partial charge in [-0.3, -0.25) is 0 Å². The molecule has 4 aromatic carbocycles. The van der Waals surface area contributed by atoms with Gasteiger partial charge in [-0.25, -0.2) is 4.39 Å². The molecule has 11 heteroatoms. The van der Waals surface area contributed by atoms with E-state index in [1.807, 2.05) is 26.8 Å². The zero-order valence-corrected chi connectivity index (χ0v) is 28.4. The van der Waals surface area contributed by atoms with Crippen molar-refractivity contribution in [1.82, 2.24) is 0 Å². The van der Waals surface area contributed by atoms with Crippen molar-refractivity contribution in [3.8, 4) is 5.75 Å². The number of alkyl halides is 6. The Morgan fingerprint density at radius 2 is 1.52 bits per heavy atom. The second kappa shape index (κ2) is 14.1. The van der Waals surface area contributed by atoms with E-state index in [4.69, 9.17) is 22.1 Å². The summed E-state index contributed by atoms with van der Waals surface area (Å²) < 4.78 is 105. The van der Waals surface area contributed by atoms with E-state index in [9.17, 15) is 30.7 Å². The van der Waals surface area contributed by atoms with E-state index < -0.39 is 39.8 Å². The number of nitrogens with two attached hydrogens (primary N) is 1. The Bertz CT molecular complexity index is 1780.